The van der Waals surface area contributed by atoms with Crippen LogP contribution in [0.3, 0.4) is 0 Å². The normalized spacial score (nSPS) is 12.6. The minimum Gasteiger partial charge on any atom is -0.462 e. The van der Waals surface area contributed by atoms with Crippen LogP contribution in [-0.4, -0.2) is 37.2 Å². The lowest BCUT2D eigenvalue weighted by Crippen LogP contribution is -2.30. The van der Waals surface area contributed by atoms with E-state index in [1.54, 1.807) is 0 Å². The Morgan fingerprint density at radius 3 is 0.924 bits per heavy atom. The highest BCUT2D eigenvalue weighted by Crippen LogP contribution is 2.14. The van der Waals surface area contributed by atoms with Crippen molar-refractivity contribution in [2.75, 3.05) is 13.2 Å². The van der Waals surface area contributed by atoms with Crippen molar-refractivity contribution in [2.45, 2.75) is 277 Å². The lowest BCUT2D eigenvalue weighted by atomic mass is 10.1. The van der Waals surface area contributed by atoms with Crippen LogP contribution in [0.1, 0.15) is 271 Å². The molecule has 0 spiro atoms. The molecule has 0 heterocycles. The Hall–Kier alpha value is -3.15. The van der Waals surface area contributed by atoms with Crippen molar-refractivity contribution in [2.24, 2.45) is 0 Å². The third-order valence-electron chi connectivity index (χ3n) is 11.9. The summed E-state index contributed by atoms with van der Waals surface area (Å²) in [5.74, 6) is -0.911. The minimum atomic E-state index is -0.789. The predicted octanol–water partition coefficient (Wildman–Crippen LogP) is 18.6. The first-order valence-electron chi connectivity index (χ1n) is 27.9. The van der Waals surface area contributed by atoms with Crippen LogP contribution >= 0.6 is 0 Å². The molecule has 6 heteroatoms. The van der Waals surface area contributed by atoms with Gasteiger partial charge in [0.1, 0.15) is 13.2 Å². The highest BCUT2D eigenvalue weighted by molar-refractivity contribution is 5.71. The zero-order valence-corrected chi connectivity index (χ0v) is 43.4. The maximum Gasteiger partial charge on any atom is 0.306 e. The van der Waals surface area contributed by atoms with E-state index < -0.39 is 6.10 Å². The van der Waals surface area contributed by atoms with Crippen LogP contribution in [-0.2, 0) is 28.6 Å². The maximum absolute atomic E-state index is 12.8. The van der Waals surface area contributed by atoms with Crippen molar-refractivity contribution in [3.8, 4) is 0 Å². The van der Waals surface area contributed by atoms with Gasteiger partial charge < -0.3 is 14.2 Å². The second-order valence-electron chi connectivity index (χ2n) is 18.5. The predicted molar refractivity (Wildman–Crippen MR) is 284 cm³/mol. The smallest absolute Gasteiger partial charge is 0.306 e. The number of hydrogen-bond acceptors (Lipinski definition) is 6. The van der Waals surface area contributed by atoms with Gasteiger partial charge in [0.2, 0.25) is 0 Å². The van der Waals surface area contributed by atoms with E-state index in [2.05, 4.69) is 93.7 Å². The fourth-order valence-corrected chi connectivity index (χ4v) is 7.66. The number of ether oxygens (including phenoxy) is 3. The van der Waals surface area contributed by atoms with Crippen LogP contribution in [0.2, 0.25) is 0 Å². The van der Waals surface area contributed by atoms with Gasteiger partial charge in [0.25, 0.3) is 0 Å². The average Bonchev–Trinajstić information content (AvgIpc) is 3.31. The van der Waals surface area contributed by atoms with E-state index in [9.17, 15) is 14.4 Å². The summed E-state index contributed by atoms with van der Waals surface area (Å²) in [7, 11) is 0. The van der Waals surface area contributed by atoms with Gasteiger partial charge >= 0.3 is 17.9 Å². The van der Waals surface area contributed by atoms with Gasteiger partial charge in [-0.15, -0.1) is 0 Å². The van der Waals surface area contributed by atoms with Gasteiger partial charge in [0.15, 0.2) is 6.10 Å². The lowest BCUT2D eigenvalue weighted by Gasteiger charge is -2.18. The van der Waals surface area contributed by atoms with Crippen LogP contribution in [0, 0.1) is 0 Å². The Kier molecular flexibility index (Phi) is 51.9. The third kappa shape index (κ3) is 51.8. The fraction of sp³-hybridized carbons (Fsp3) is 0.750. The van der Waals surface area contributed by atoms with Crippen LogP contribution in [0.15, 0.2) is 72.9 Å². The van der Waals surface area contributed by atoms with Gasteiger partial charge in [0.05, 0.1) is 0 Å². The van der Waals surface area contributed by atoms with Crippen LogP contribution < -0.4 is 0 Å². The first kappa shape index (κ1) is 62.8. The van der Waals surface area contributed by atoms with Crippen molar-refractivity contribution in [3.63, 3.8) is 0 Å². The third-order valence-corrected chi connectivity index (χ3v) is 11.9. The van der Waals surface area contributed by atoms with Gasteiger partial charge in [0, 0.05) is 19.3 Å². The Bertz CT molecular complexity index is 1240. The topological polar surface area (TPSA) is 78.9 Å². The van der Waals surface area contributed by atoms with Crippen molar-refractivity contribution in [3.05, 3.63) is 72.9 Å². The maximum atomic E-state index is 12.8. The SMILES string of the molecule is CCC/C=C\C/C=C\CCCCCCCC(=O)OCC(COC(=O)CCCCCCCCC/C=C\C/C=C\CCCCCC)OC(=O)CCCCCCCCC/C=C\C/C=C\CCCCC. The molecule has 0 aromatic heterocycles. The molecule has 0 rings (SSSR count). The number of allylic oxidation sites excluding steroid dienone is 12. The van der Waals surface area contributed by atoms with Crippen LogP contribution in [0.25, 0.3) is 0 Å². The second-order valence-corrected chi connectivity index (χ2v) is 18.5. The number of carbonyl (C=O) groups is 3. The minimum absolute atomic E-state index is 0.0873. The summed E-state index contributed by atoms with van der Waals surface area (Å²) in [5, 5.41) is 0. The summed E-state index contributed by atoms with van der Waals surface area (Å²) in [4.78, 5) is 38.1. The molecule has 0 amide bonds. The molecule has 0 radical (unpaired) electrons. The van der Waals surface area contributed by atoms with Gasteiger partial charge in [-0.1, -0.05) is 216 Å². The average molecular weight is 921 g/mol. The molecule has 6 nitrogen and oxygen atoms in total. The molecule has 0 saturated heterocycles. The zero-order valence-electron chi connectivity index (χ0n) is 43.4. The molecule has 380 valence electrons. The molecule has 0 aliphatic carbocycles. The molecule has 1 unspecified atom stereocenters. The monoisotopic (exact) mass is 921 g/mol. The molecule has 0 aromatic carbocycles. The highest BCUT2D eigenvalue weighted by atomic mass is 16.6. The first-order chi connectivity index (χ1) is 32.5. The molecule has 0 aromatic rings. The Morgan fingerprint density at radius 1 is 0.303 bits per heavy atom. The van der Waals surface area contributed by atoms with Crippen molar-refractivity contribution in [1.29, 1.82) is 0 Å². The van der Waals surface area contributed by atoms with Crippen LogP contribution in [0.5, 0.6) is 0 Å². The largest absolute Gasteiger partial charge is 0.462 e. The molecular formula is C60H104O6. The van der Waals surface area contributed by atoms with E-state index in [1.807, 2.05) is 0 Å². The van der Waals surface area contributed by atoms with Gasteiger partial charge in [-0.25, -0.2) is 0 Å². The number of carbonyl (C=O) groups excluding carboxylic acids is 3. The summed E-state index contributed by atoms with van der Waals surface area (Å²) in [6, 6.07) is 0. The van der Waals surface area contributed by atoms with Gasteiger partial charge in [-0.3, -0.25) is 14.4 Å². The van der Waals surface area contributed by atoms with Gasteiger partial charge in [-0.05, 0) is 109 Å². The summed E-state index contributed by atoms with van der Waals surface area (Å²) >= 11 is 0. The molecular weight excluding hydrogens is 817 g/mol. The summed E-state index contributed by atoms with van der Waals surface area (Å²) in [6.45, 7) is 6.52. The van der Waals surface area contributed by atoms with E-state index in [0.717, 1.165) is 116 Å². The number of unbranched alkanes of at least 4 members (excludes halogenated alkanes) is 27. The van der Waals surface area contributed by atoms with Crippen molar-refractivity contribution in [1.82, 2.24) is 0 Å². The Balaban J connectivity index is 4.41. The van der Waals surface area contributed by atoms with E-state index >= 15 is 0 Å². The summed E-state index contributed by atoms with van der Waals surface area (Å²) in [5.41, 5.74) is 0. The highest BCUT2D eigenvalue weighted by Gasteiger charge is 2.19. The second kappa shape index (κ2) is 54.5. The molecule has 0 aliphatic rings. The quantitative estimate of drug-likeness (QED) is 0.0262. The Labute approximate surface area is 408 Å². The fourth-order valence-electron chi connectivity index (χ4n) is 7.66. The number of hydrogen-bond donors (Lipinski definition) is 0. The first-order valence-corrected chi connectivity index (χ1v) is 27.9. The number of esters is 3. The standard InChI is InChI=1S/C60H104O6/c1-4-7-10-13-16-19-22-25-27-29-31-32-35-38-41-44-47-50-53-59(62)65-56-57(55-64-58(61)52-49-46-43-40-37-34-24-21-18-15-12-9-6-3)66-60(63)54-51-48-45-42-39-36-33-30-28-26-23-20-17-14-11-8-5-2/h12,15,17,19-22,24,26-29,57H,4-11,13-14,16,18,23,25,30-56H2,1-3H3/b15-12-,20-17-,22-19-,24-21-,28-26-,29-27-. The van der Waals surface area contributed by atoms with Crippen molar-refractivity contribution >= 4 is 17.9 Å². The van der Waals surface area contributed by atoms with E-state index in [4.69, 9.17) is 14.2 Å². The molecule has 0 bridgehead atoms. The van der Waals surface area contributed by atoms with Crippen molar-refractivity contribution < 1.29 is 28.6 Å². The Morgan fingerprint density at radius 2 is 0.576 bits per heavy atom. The van der Waals surface area contributed by atoms with Gasteiger partial charge in [-0.2, -0.15) is 0 Å². The number of rotatable bonds is 50. The zero-order chi connectivity index (χ0) is 47.9. The van der Waals surface area contributed by atoms with Crippen LogP contribution in [0.4, 0.5) is 0 Å². The molecule has 0 fully saturated rings. The van der Waals surface area contributed by atoms with E-state index in [0.29, 0.717) is 19.3 Å². The summed E-state index contributed by atoms with van der Waals surface area (Å²) in [6.07, 6.45) is 68.8. The molecule has 0 N–H and O–H groups in total. The molecule has 0 saturated carbocycles. The lowest BCUT2D eigenvalue weighted by molar-refractivity contribution is -0.167. The molecule has 66 heavy (non-hydrogen) atoms. The van der Waals surface area contributed by atoms with E-state index in [1.165, 1.54) is 116 Å². The molecule has 0 aliphatic heterocycles. The van der Waals surface area contributed by atoms with E-state index in [-0.39, 0.29) is 31.1 Å². The summed E-state index contributed by atoms with van der Waals surface area (Å²) < 4.78 is 16.8. The molecule has 1 atom stereocenters.